The molecule has 0 saturated carbocycles. The van der Waals surface area contributed by atoms with Gasteiger partial charge in [0.2, 0.25) is 0 Å². The van der Waals surface area contributed by atoms with Gasteiger partial charge in [0, 0.05) is 18.9 Å². The van der Waals surface area contributed by atoms with E-state index in [4.69, 9.17) is 16.7 Å². The highest BCUT2D eigenvalue weighted by atomic mass is 35.5. The molecule has 6 heteroatoms. The zero-order valence-electron chi connectivity index (χ0n) is 15.7. The normalized spacial score (nSPS) is 11.0. The highest BCUT2D eigenvalue weighted by molar-refractivity contribution is 6.32. The van der Waals surface area contributed by atoms with Crippen molar-refractivity contribution >= 4 is 17.5 Å². The Morgan fingerprint density at radius 1 is 1.22 bits per heavy atom. The minimum atomic E-state index is -0.134. The fourth-order valence-corrected chi connectivity index (χ4v) is 3.23. The van der Waals surface area contributed by atoms with Gasteiger partial charge in [-0.15, -0.1) is 0 Å². The number of hydrogen-bond acceptors (Lipinski definition) is 3. The highest BCUT2D eigenvalue weighted by Gasteiger charge is 2.23. The molecule has 0 bridgehead atoms. The number of aromatic nitrogens is 3. The van der Waals surface area contributed by atoms with Gasteiger partial charge in [-0.2, -0.15) is 5.10 Å². The maximum Gasteiger partial charge on any atom is 0.255 e. The molecular weight excluding hydrogens is 360 g/mol. The average molecular weight is 383 g/mol. The summed E-state index contributed by atoms with van der Waals surface area (Å²) in [4.78, 5) is 17.0. The summed E-state index contributed by atoms with van der Waals surface area (Å²) in [6.07, 6.45) is 4.17. The number of amides is 1. The van der Waals surface area contributed by atoms with Gasteiger partial charge in [-0.3, -0.25) is 9.78 Å². The molecule has 0 fully saturated rings. The van der Waals surface area contributed by atoms with E-state index in [2.05, 4.69) is 24.1 Å². The number of nitrogens with zero attached hydrogens (tertiary/aromatic N) is 3. The molecule has 0 aliphatic carbocycles. The number of rotatable bonds is 6. The molecule has 5 nitrogen and oxygen atoms in total. The Bertz CT molecular complexity index is 935. The molecule has 3 rings (SSSR count). The molecule has 1 aromatic carbocycles. The van der Waals surface area contributed by atoms with Crippen LogP contribution < -0.4 is 5.32 Å². The van der Waals surface area contributed by atoms with E-state index in [0.717, 1.165) is 22.6 Å². The van der Waals surface area contributed by atoms with Crippen molar-refractivity contribution in [1.82, 2.24) is 20.1 Å². The van der Waals surface area contributed by atoms with Crippen molar-refractivity contribution in [2.24, 2.45) is 5.92 Å². The molecular formula is C21H23ClN4O. The van der Waals surface area contributed by atoms with Crippen LogP contribution in [0.3, 0.4) is 0 Å². The average Bonchev–Trinajstić information content (AvgIpc) is 2.96. The minimum absolute atomic E-state index is 0.134. The Kier molecular flexibility index (Phi) is 5.91. The van der Waals surface area contributed by atoms with Gasteiger partial charge in [0.05, 0.1) is 27.7 Å². The topological polar surface area (TPSA) is 59.8 Å². The van der Waals surface area contributed by atoms with Crippen LogP contribution in [0.15, 0.2) is 48.8 Å². The molecule has 0 saturated heterocycles. The predicted octanol–water partition coefficient (Wildman–Crippen LogP) is 4.36. The molecule has 0 spiro atoms. The van der Waals surface area contributed by atoms with Gasteiger partial charge in [0.15, 0.2) is 0 Å². The van der Waals surface area contributed by atoms with Gasteiger partial charge < -0.3 is 5.32 Å². The van der Waals surface area contributed by atoms with Crippen molar-refractivity contribution in [3.8, 4) is 5.69 Å². The summed E-state index contributed by atoms with van der Waals surface area (Å²) < 4.78 is 1.76. The van der Waals surface area contributed by atoms with Gasteiger partial charge in [-0.05, 0) is 43.0 Å². The minimum Gasteiger partial charge on any atom is -0.348 e. The van der Waals surface area contributed by atoms with Crippen LogP contribution in [-0.2, 0) is 13.0 Å². The third-order valence-electron chi connectivity index (χ3n) is 4.27. The molecule has 0 unspecified atom stereocenters. The first-order valence-corrected chi connectivity index (χ1v) is 9.35. The van der Waals surface area contributed by atoms with Gasteiger partial charge in [0.25, 0.3) is 5.91 Å². The smallest absolute Gasteiger partial charge is 0.255 e. The Hall–Kier alpha value is -2.66. The second kappa shape index (κ2) is 8.35. The standard InChI is InChI=1S/C21H23ClN4O/c1-14(2)11-18-20(21(27)24-13-16-7-6-10-23-12-16)15(3)26(25-18)19-9-5-4-8-17(19)22/h4-10,12,14H,11,13H2,1-3H3,(H,24,27). The highest BCUT2D eigenvalue weighted by Crippen LogP contribution is 2.25. The van der Waals surface area contributed by atoms with E-state index in [9.17, 15) is 4.79 Å². The van der Waals surface area contributed by atoms with Crippen molar-refractivity contribution < 1.29 is 4.79 Å². The number of pyridine rings is 1. The zero-order chi connectivity index (χ0) is 19.4. The van der Waals surface area contributed by atoms with Crippen LogP contribution in [0.2, 0.25) is 5.02 Å². The predicted molar refractivity (Wildman–Crippen MR) is 107 cm³/mol. The first kappa shape index (κ1) is 19.1. The summed E-state index contributed by atoms with van der Waals surface area (Å²) in [5, 5.41) is 8.30. The number of carbonyl (C=O) groups is 1. The summed E-state index contributed by atoms with van der Waals surface area (Å²) in [5.74, 6) is 0.245. The molecule has 1 amide bonds. The van der Waals surface area contributed by atoms with E-state index in [1.54, 1.807) is 17.1 Å². The number of benzene rings is 1. The Labute approximate surface area is 164 Å². The van der Waals surface area contributed by atoms with Crippen LogP contribution in [0.1, 0.15) is 41.2 Å². The van der Waals surface area contributed by atoms with E-state index in [1.807, 2.05) is 43.3 Å². The molecule has 1 N–H and O–H groups in total. The van der Waals surface area contributed by atoms with Crippen molar-refractivity contribution in [2.45, 2.75) is 33.7 Å². The molecule has 0 atom stereocenters. The van der Waals surface area contributed by atoms with Crippen molar-refractivity contribution in [3.63, 3.8) is 0 Å². The lowest BCUT2D eigenvalue weighted by atomic mass is 10.0. The summed E-state index contributed by atoms with van der Waals surface area (Å²) in [7, 11) is 0. The lowest BCUT2D eigenvalue weighted by molar-refractivity contribution is 0.0949. The van der Waals surface area contributed by atoms with Crippen LogP contribution >= 0.6 is 11.6 Å². The van der Waals surface area contributed by atoms with Crippen molar-refractivity contribution in [3.05, 3.63) is 76.3 Å². The van der Waals surface area contributed by atoms with Crippen molar-refractivity contribution in [2.75, 3.05) is 0 Å². The van der Waals surface area contributed by atoms with E-state index in [1.165, 1.54) is 0 Å². The Morgan fingerprint density at radius 3 is 2.67 bits per heavy atom. The number of halogens is 1. The molecule has 0 aliphatic rings. The third-order valence-corrected chi connectivity index (χ3v) is 4.59. The second-order valence-electron chi connectivity index (χ2n) is 6.91. The van der Waals surface area contributed by atoms with Crippen LogP contribution in [0.25, 0.3) is 5.69 Å². The molecule has 140 valence electrons. The molecule has 0 radical (unpaired) electrons. The summed E-state index contributed by atoms with van der Waals surface area (Å²) in [5.41, 5.74) is 3.90. The van der Waals surface area contributed by atoms with Gasteiger partial charge in [-0.1, -0.05) is 43.6 Å². The molecule has 3 aromatic rings. The first-order valence-electron chi connectivity index (χ1n) is 8.98. The van der Waals surface area contributed by atoms with Crippen LogP contribution in [0.4, 0.5) is 0 Å². The SMILES string of the molecule is Cc1c(C(=O)NCc2cccnc2)c(CC(C)C)nn1-c1ccccc1Cl. The number of nitrogens with one attached hydrogen (secondary N) is 1. The maximum absolute atomic E-state index is 13.0. The lowest BCUT2D eigenvalue weighted by Crippen LogP contribution is -2.24. The van der Waals surface area contributed by atoms with Gasteiger partial charge in [-0.25, -0.2) is 4.68 Å². The Morgan fingerprint density at radius 2 is 2.00 bits per heavy atom. The number of carbonyl (C=O) groups excluding carboxylic acids is 1. The largest absolute Gasteiger partial charge is 0.348 e. The molecule has 0 aliphatic heterocycles. The molecule has 27 heavy (non-hydrogen) atoms. The maximum atomic E-state index is 13.0. The van der Waals surface area contributed by atoms with Gasteiger partial charge in [0.1, 0.15) is 0 Å². The van der Waals surface area contributed by atoms with Crippen molar-refractivity contribution in [1.29, 1.82) is 0 Å². The monoisotopic (exact) mass is 382 g/mol. The number of para-hydroxylation sites is 1. The summed E-state index contributed by atoms with van der Waals surface area (Å²) >= 11 is 6.35. The van der Waals surface area contributed by atoms with E-state index in [0.29, 0.717) is 29.5 Å². The molecule has 2 heterocycles. The lowest BCUT2D eigenvalue weighted by Gasteiger charge is -2.08. The van der Waals surface area contributed by atoms with E-state index in [-0.39, 0.29) is 5.91 Å². The number of hydrogen-bond donors (Lipinski definition) is 1. The fourth-order valence-electron chi connectivity index (χ4n) is 3.02. The fraction of sp³-hybridized carbons (Fsp3) is 0.286. The zero-order valence-corrected chi connectivity index (χ0v) is 16.5. The van der Waals surface area contributed by atoms with Gasteiger partial charge >= 0.3 is 0 Å². The Balaban J connectivity index is 1.95. The van der Waals surface area contributed by atoms with Crippen LogP contribution in [-0.4, -0.2) is 20.7 Å². The van der Waals surface area contributed by atoms with E-state index < -0.39 is 0 Å². The quantitative estimate of drug-likeness (QED) is 0.689. The van der Waals surface area contributed by atoms with E-state index >= 15 is 0 Å². The third kappa shape index (κ3) is 4.37. The second-order valence-corrected chi connectivity index (χ2v) is 7.32. The van der Waals surface area contributed by atoms with Crippen LogP contribution in [0.5, 0.6) is 0 Å². The van der Waals surface area contributed by atoms with Crippen LogP contribution in [0, 0.1) is 12.8 Å². The summed E-state index contributed by atoms with van der Waals surface area (Å²) in [6, 6.07) is 11.3. The first-order chi connectivity index (χ1) is 13.0. The summed E-state index contributed by atoms with van der Waals surface area (Å²) in [6.45, 7) is 6.55. The molecule has 2 aromatic heterocycles.